The Morgan fingerprint density at radius 3 is 2.54 bits per heavy atom. The zero-order chi connectivity index (χ0) is 9.14. The smallest absolute Gasteiger partial charge is 0.120 e. The monoisotopic (exact) mass is 202 g/mol. The molecular weight excluding hydrogens is 188 g/mol. The maximum Gasteiger partial charge on any atom is 0.120 e. The summed E-state index contributed by atoms with van der Waals surface area (Å²) in [6, 6.07) is 5.13. The Labute approximate surface area is 84.2 Å². The molecule has 0 bridgehead atoms. The molecule has 5 N–H and O–H groups in total. The van der Waals surface area contributed by atoms with E-state index in [2.05, 4.69) is 0 Å². The van der Waals surface area contributed by atoms with Gasteiger partial charge in [-0.2, -0.15) is 0 Å². The van der Waals surface area contributed by atoms with Gasteiger partial charge in [0.25, 0.3) is 0 Å². The molecule has 1 aromatic rings. The highest BCUT2D eigenvalue weighted by Crippen LogP contribution is 2.22. The summed E-state index contributed by atoms with van der Waals surface area (Å²) in [7, 11) is 0. The molecule has 1 rings (SSSR count). The van der Waals surface area contributed by atoms with E-state index in [9.17, 15) is 5.11 Å². The first-order valence-corrected chi connectivity index (χ1v) is 3.90. The number of hydrogen-bond donors (Lipinski definition) is 3. The van der Waals surface area contributed by atoms with E-state index in [1.165, 1.54) is 0 Å². The highest BCUT2D eigenvalue weighted by molar-refractivity contribution is 5.85. The summed E-state index contributed by atoms with van der Waals surface area (Å²) in [6.45, 7) is 2.26. The SMILES string of the molecule is Cc1ccc([C@@H](N)CN)c(O)c1.Cl. The molecule has 0 aromatic heterocycles. The lowest BCUT2D eigenvalue weighted by Gasteiger charge is -2.11. The Hall–Kier alpha value is -0.770. The van der Waals surface area contributed by atoms with E-state index in [1.807, 2.05) is 19.1 Å². The van der Waals surface area contributed by atoms with Crippen LogP contribution in [0.2, 0.25) is 0 Å². The van der Waals surface area contributed by atoms with Crippen molar-refractivity contribution in [3.63, 3.8) is 0 Å². The molecule has 74 valence electrons. The molecule has 3 nitrogen and oxygen atoms in total. The van der Waals surface area contributed by atoms with Gasteiger partial charge in [0.05, 0.1) is 0 Å². The van der Waals surface area contributed by atoms with E-state index >= 15 is 0 Å². The third-order valence-electron chi connectivity index (χ3n) is 1.84. The summed E-state index contributed by atoms with van der Waals surface area (Å²) in [5, 5.41) is 9.46. The fourth-order valence-corrected chi connectivity index (χ4v) is 1.09. The Bertz CT molecular complexity index is 278. The van der Waals surface area contributed by atoms with Crippen molar-refractivity contribution in [2.75, 3.05) is 6.54 Å². The van der Waals surface area contributed by atoms with Gasteiger partial charge < -0.3 is 16.6 Å². The van der Waals surface area contributed by atoms with Crippen LogP contribution in [0.15, 0.2) is 18.2 Å². The number of aryl methyl sites for hydroxylation is 1. The van der Waals surface area contributed by atoms with Crippen molar-refractivity contribution < 1.29 is 5.11 Å². The number of halogens is 1. The average molecular weight is 203 g/mol. The highest BCUT2D eigenvalue weighted by atomic mass is 35.5. The second-order valence-corrected chi connectivity index (χ2v) is 2.90. The largest absolute Gasteiger partial charge is 0.508 e. The van der Waals surface area contributed by atoms with Crippen LogP contribution in [0.1, 0.15) is 17.2 Å². The van der Waals surface area contributed by atoms with Gasteiger partial charge in [-0.25, -0.2) is 0 Å². The van der Waals surface area contributed by atoms with Gasteiger partial charge in [-0.1, -0.05) is 12.1 Å². The van der Waals surface area contributed by atoms with Crippen LogP contribution < -0.4 is 11.5 Å². The molecule has 0 aliphatic heterocycles. The molecule has 0 saturated heterocycles. The van der Waals surface area contributed by atoms with Gasteiger partial charge in [0.2, 0.25) is 0 Å². The third-order valence-corrected chi connectivity index (χ3v) is 1.84. The maximum absolute atomic E-state index is 9.46. The van der Waals surface area contributed by atoms with Crippen LogP contribution in [0.3, 0.4) is 0 Å². The van der Waals surface area contributed by atoms with E-state index in [0.29, 0.717) is 12.1 Å². The first-order valence-electron chi connectivity index (χ1n) is 3.90. The number of nitrogens with two attached hydrogens (primary N) is 2. The fraction of sp³-hybridized carbons (Fsp3) is 0.333. The molecule has 0 saturated carbocycles. The van der Waals surface area contributed by atoms with Crippen molar-refractivity contribution in [2.24, 2.45) is 11.5 Å². The third kappa shape index (κ3) is 2.88. The molecule has 1 aromatic carbocycles. The van der Waals surface area contributed by atoms with Gasteiger partial charge >= 0.3 is 0 Å². The van der Waals surface area contributed by atoms with Crippen LogP contribution in [0.5, 0.6) is 5.75 Å². The summed E-state index contributed by atoms with van der Waals surface area (Å²) < 4.78 is 0. The van der Waals surface area contributed by atoms with Crippen LogP contribution in [0.4, 0.5) is 0 Å². The van der Waals surface area contributed by atoms with Crippen molar-refractivity contribution in [1.82, 2.24) is 0 Å². The molecule has 0 amide bonds. The van der Waals surface area contributed by atoms with Crippen molar-refractivity contribution in [2.45, 2.75) is 13.0 Å². The lowest BCUT2D eigenvalue weighted by Crippen LogP contribution is -2.20. The minimum Gasteiger partial charge on any atom is -0.508 e. The number of phenols is 1. The topological polar surface area (TPSA) is 72.3 Å². The standard InChI is InChI=1S/C9H14N2O.ClH/c1-6-2-3-7(8(11)5-10)9(12)4-6;/h2-4,8,12H,5,10-11H2,1H3;1H/t8-;/m0./s1. The Morgan fingerprint density at radius 1 is 1.46 bits per heavy atom. The zero-order valence-electron chi connectivity index (χ0n) is 7.53. The Kier molecular flexibility index (Phi) is 4.77. The second kappa shape index (κ2) is 5.07. The normalized spacial score (nSPS) is 11.9. The molecule has 0 unspecified atom stereocenters. The van der Waals surface area contributed by atoms with Gasteiger partial charge in [-0.05, 0) is 18.6 Å². The maximum atomic E-state index is 9.46. The van der Waals surface area contributed by atoms with Crippen molar-refractivity contribution >= 4 is 12.4 Å². The summed E-state index contributed by atoms with van der Waals surface area (Å²) in [6.07, 6.45) is 0. The lowest BCUT2D eigenvalue weighted by atomic mass is 10.0. The lowest BCUT2D eigenvalue weighted by molar-refractivity contribution is 0.461. The number of phenolic OH excluding ortho intramolecular Hbond substituents is 1. The fourth-order valence-electron chi connectivity index (χ4n) is 1.09. The van der Waals surface area contributed by atoms with Crippen molar-refractivity contribution in [1.29, 1.82) is 0 Å². The predicted molar refractivity (Wildman–Crippen MR) is 56.1 cm³/mol. The van der Waals surface area contributed by atoms with Gasteiger partial charge in [0.15, 0.2) is 0 Å². The van der Waals surface area contributed by atoms with Crippen LogP contribution in [-0.2, 0) is 0 Å². The number of aromatic hydroxyl groups is 1. The Morgan fingerprint density at radius 2 is 2.08 bits per heavy atom. The summed E-state index contributed by atoms with van der Waals surface area (Å²) in [4.78, 5) is 0. The van der Waals surface area contributed by atoms with Gasteiger partial charge in [0.1, 0.15) is 5.75 Å². The molecule has 0 spiro atoms. The summed E-state index contributed by atoms with van der Waals surface area (Å²) >= 11 is 0. The first kappa shape index (κ1) is 12.2. The van der Waals surface area contributed by atoms with Gasteiger partial charge in [0, 0.05) is 18.2 Å². The molecular formula is C9H15ClN2O. The molecule has 0 heterocycles. The Balaban J connectivity index is 0.00000144. The van der Waals surface area contributed by atoms with Crippen LogP contribution in [-0.4, -0.2) is 11.7 Å². The number of rotatable bonds is 2. The van der Waals surface area contributed by atoms with E-state index < -0.39 is 0 Å². The molecule has 0 aliphatic carbocycles. The first-order chi connectivity index (χ1) is 5.65. The minimum atomic E-state index is -0.273. The van der Waals surface area contributed by atoms with E-state index in [1.54, 1.807) is 6.07 Å². The van der Waals surface area contributed by atoms with Crippen molar-refractivity contribution in [3.8, 4) is 5.75 Å². The molecule has 0 aliphatic rings. The van der Waals surface area contributed by atoms with E-state index in [4.69, 9.17) is 11.5 Å². The number of hydrogen-bond acceptors (Lipinski definition) is 3. The van der Waals surface area contributed by atoms with Crippen LogP contribution >= 0.6 is 12.4 Å². The molecule has 1 atom stereocenters. The summed E-state index contributed by atoms with van der Waals surface area (Å²) in [5.74, 6) is 0.230. The number of benzene rings is 1. The van der Waals surface area contributed by atoms with Crippen LogP contribution in [0, 0.1) is 6.92 Å². The summed E-state index contributed by atoms with van der Waals surface area (Å²) in [5.41, 5.74) is 12.8. The van der Waals surface area contributed by atoms with Gasteiger partial charge in [-0.15, -0.1) is 12.4 Å². The highest BCUT2D eigenvalue weighted by Gasteiger charge is 2.07. The molecule has 0 fully saturated rings. The molecule has 13 heavy (non-hydrogen) atoms. The average Bonchev–Trinajstić information content (AvgIpc) is 2.03. The predicted octanol–water partition coefficient (Wildman–Crippen LogP) is 1.08. The van der Waals surface area contributed by atoms with E-state index in [0.717, 1.165) is 5.56 Å². The molecule has 0 radical (unpaired) electrons. The van der Waals surface area contributed by atoms with Crippen molar-refractivity contribution in [3.05, 3.63) is 29.3 Å². The van der Waals surface area contributed by atoms with Crippen LogP contribution in [0.25, 0.3) is 0 Å². The minimum absolute atomic E-state index is 0. The van der Waals surface area contributed by atoms with E-state index in [-0.39, 0.29) is 24.2 Å². The quantitative estimate of drug-likeness (QED) is 0.672. The van der Waals surface area contributed by atoms with Gasteiger partial charge in [-0.3, -0.25) is 0 Å². The molecule has 4 heteroatoms. The second-order valence-electron chi connectivity index (χ2n) is 2.90. The zero-order valence-corrected chi connectivity index (χ0v) is 8.34.